The Kier molecular flexibility index (Phi) is 3.87. The Morgan fingerprint density at radius 1 is 0.645 bits per heavy atom. The lowest BCUT2D eigenvalue weighted by atomic mass is 10.1. The largest absolute Gasteiger partial charge is 0.355 e. The van der Waals surface area contributed by atoms with Crippen LogP contribution in [0, 0.1) is 0 Å². The lowest BCUT2D eigenvalue weighted by molar-refractivity contribution is 1.11. The molecule has 3 aromatic heterocycles. The normalized spacial score (nSPS) is 11.5. The first-order valence-corrected chi connectivity index (χ1v) is 10.8. The van der Waals surface area contributed by atoms with E-state index in [1.165, 1.54) is 10.8 Å². The number of hydrogen-bond acceptors (Lipinski definition) is 1. The molecule has 0 saturated heterocycles. The van der Waals surface area contributed by atoms with E-state index in [2.05, 4.69) is 98.9 Å². The fraction of sp³-hybridized carbons (Fsp3) is 0.0741. The van der Waals surface area contributed by atoms with Crippen molar-refractivity contribution in [2.75, 3.05) is 0 Å². The zero-order valence-corrected chi connectivity index (χ0v) is 17.5. The zero-order valence-electron chi connectivity index (χ0n) is 17.5. The number of benzene rings is 4. The molecule has 0 aliphatic heterocycles. The predicted octanol–water partition coefficient (Wildman–Crippen LogP) is 7.09. The highest BCUT2D eigenvalue weighted by Crippen LogP contribution is 2.32. The molecule has 0 radical (unpaired) electrons. The van der Waals surface area contributed by atoms with Gasteiger partial charge in [0.15, 0.2) is 0 Å². The van der Waals surface area contributed by atoms with Gasteiger partial charge < -0.3 is 4.98 Å². The maximum absolute atomic E-state index is 4.98. The molecule has 0 saturated carbocycles. The van der Waals surface area contributed by atoms with Crippen molar-refractivity contribution in [1.82, 2.24) is 18.9 Å². The number of fused-ring (bicyclic) bond motifs is 8. The molecule has 7 rings (SSSR count). The molecular formula is C27H22N4. The minimum atomic E-state index is 0.937. The lowest BCUT2D eigenvalue weighted by Crippen LogP contribution is -1.94. The van der Waals surface area contributed by atoms with Gasteiger partial charge in [-0.2, -0.15) is 0 Å². The quantitative estimate of drug-likeness (QED) is 0.313. The SMILES string of the molecule is CC.c1ccc2c(c1)nc1n(-c3ccc4[nH]c5ccccc5c4c3)c3ccccc3n21. The fourth-order valence-electron chi connectivity index (χ4n) is 4.58. The number of nitrogens with one attached hydrogen (secondary N) is 1. The van der Waals surface area contributed by atoms with Gasteiger partial charge in [0.05, 0.1) is 22.1 Å². The molecular weight excluding hydrogens is 380 g/mol. The summed E-state index contributed by atoms with van der Waals surface area (Å²) in [6, 6.07) is 31.9. The monoisotopic (exact) mass is 402 g/mol. The van der Waals surface area contributed by atoms with E-state index in [1.807, 2.05) is 19.9 Å². The standard InChI is InChI=1S/C25H16N4.C2H6/c1-2-8-19-17(7-1)18-15-16(13-14-20(18)26-19)28-23-11-5-6-12-24(23)29-22-10-4-3-9-21(22)27-25(28)29;1-2/h1-15,26H;1-2H3. The van der Waals surface area contributed by atoms with Gasteiger partial charge in [-0.05, 0) is 48.5 Å². The first-order chi connectivity index (χ1) is 15.4. The highest BCUT2D eigenvalue weighted by Gasteiger charge is 2.17. The topological polar surface area (TPSA) is 38.0 Å². The Labute approximate surface area is 179 Å². The van der Waals surface area contributed by atoms with Crippen molar-refractivity contribution in [2.24, 2.45) is 0 Å². The van der Waals surface area contributed by atoms with Crippen molar-refractivity contribution in [3.8, 4) is 5.69 Å². The minimum absolute atomic E-state index is 0.937. The molecule has 0 spiro atoms. The smallest absolute Gasteiger partial charge is 0.220 e. The molecule has 7 aromatic rings. The molecule has 0 amide bonds. The maximum Gasteiger partial charge on any atom is 0.220 e. The van der Waals surface area contributed by atoms with Crippen molar-refractivity contribution >= 4 is 49.7 Å². The van der Waals surface area contributed by atoms with Crippen LogP contribution in [0.3, 0.4) is 0 Å². The summed E-state index contributed by atoms with van der Waals surface area (Å²) in [5.41, 5.74) is 7.88. The highest BCUT2D eigenvalue weighted by atomic mass is 15.2. The van der Waals surface area contributed by atoms with E-state index in [-0.39, 0.29) is 0 Å². The third-order valence-electron chi connectivity index (χ3n) is 5.85. The Bertz CT molecular complexity index is 1710. The van der Waals surface area contributed by atoms with Gasteiger partial charge in [0.1, 0.15) is 0 Å². The molecule has 1 N–H and O–H groups in total. The zero-order chi connectivity index (χ0) is 20.9. The van der Waals surface area contributed by atoms with Crippen molar-refractivity contribution in [3.05, 3.63) is 91.0 Å². The van der Waals surface area contributed by atoms with Crippen molar-refractivity contribution in [1.29, 1.82) is 0 Å². The van der Waals surface area contributed by atoms with Crippen LogP contribution in [0.5, 0.6) is 0 Å². The molecule has 0 bridgehead atoms. The number of imidazole rings is 2. The minimum Gasteiger partial charge on any atom is -0.355 e. The molecule has 3 heterocycles. The van der Waals surface area contributed by atoms with E-state index in [0.29, 0.717) is 0 Å². The molecule has 4 nitrogen and oxygen atoms in total. The second-order valence-electron chi connectivity index (χ2n) is 7.46. The average molecular weight is 403 g/mol. The summed E-state index contributed by atoms with van der Waals surface area (Å²) < 4.78 is 4.51. The third-order valence-corrected chi connectivity index (χ3v) is 5.85. The average Bonchev–Trinajstić information content (AvgIpc) is 3.48. The van der Waals surface area contributed by atoms with E-state index in [4.69, 9.17) is 4.98 Å². The van der Waals surface area contributed by atoms with Crippen molar-refractivity contribution in [2.45, 2.75) is 13.8 Å². The van der Waals surface area contributed by atoms with Crippen LogP contribution in [0.25, 0.3) is 55.3 Å². The third kappa shape index (κ3) is 2.45. The van der Waals surface area contributed by atoms with Crippen LogP contribution in [-0.4, -0.2) is 18.9 Å². The molecule has 0 aliphatic carbocycles. The van der Waals surface area contributed by atoms with Crippen molar-refractivity contribution < 1.29 is 0 Å². The number of aromatic nitrogens is 4. The van der Waals surface area contributed by atoms with Gasteiger partial charge in [0, 0.05) is 27.5 Å². The summed E-state index contributed by atoms with van der Waals surface area (Å²) in [6.45, 7) is 4.00. The summed E-state index contributed by atoms with van der Waals surface area (Å²) in [5, 5.41) is 2.47. The summed E-state index contributed by atoms with van der Waals surface area (Å²) in [6.07, 6.45) is 0. The van der Waals surface area contributed by atoms with Crippen LogP contribution in [0.15, 0.2) is 91.0 Å². The van der Waals surface area contributed by atoms with Crippen LogP contribution in [-0.2, 0) is 0 Å². The van der Waals surface area contributed by atoms with Crippen LogP contribution in [0.1, 0.15) is 13.8 Å². The van der Waals surface area contributed by atoms with Crippen LogP contribution in [0.2, 0.25) is 0 Å². The van der Waals surface area contributed by atoms with Gasteiger partial charge in [-0.1, -0.05) is 56.3 Å². The van der Waals surface area contributed by atoms with Gasteiger partial charge in [0.2, 0.25) is 5.78 Å². The first kappa shape index (κ1) is 17.8. The summed E-state index contributed by atoms with van der Waals surface area (Å²) in [4.78, 5) is 8.49. The molecule has 0 fully saturated rings. The van der Waals surface area contributed by atoms with Crippen LogP contribution >= 0.6 is 0 Å². The maximum atomic E-state index is 4.98. The van der Waals surface area contributed by atoms with E-state index in [1.54, 1.807) is 0 Å². The van der Waals surface area contributed by atoms with Gasteiger partial charge in [-0.3, -0.25) is 8.97 Å². The Hall–Kier alpha value is -4.05. The number of nitrogens with zero attached hydrogens (tertiary/aromatic N) is 3. The van der Waals surface area contributed by atoms with Gasteiger partial charge in [-0.15, -0.1) is 0 Å². The second kappa shape index (κ2) is 6.74. The molecule has 4 heteroatoms. The summed E-state index contributed by atoms with van der Waals surface area (Å²) >= 11 is 0. The molecule has 31 heavy (non-hydrogen) atoms. The molecule has 0 atom stereocenters. The lowest BCUT2D eigenvalue weighted by Gasteiger charge is -2.05. The van der Waals surface area contributed by atoms with Gasteiger partial charge in [0.25, 0.3) is 0 Å². The predicted molar refractivity (Wildman–Crippen MR) is 130 cm³/mol. The van der Waals surface area contributed by atoms with E-state index in [0.717, 1.165) is 44.6 Å². The Morgan fingerprint density at radius 2 is 1.32 bits per heavy atom. The number of hydrogen-bond donors (Lipinski definition) is 1. The van der Waals surface area contributed by atoms with E-state index < -0.39 is 0 Å². The van der Waals surface area contributed by atoms with Crippen LogP contribution in [0.4, 0.5) is 0 Å². The van der Waals surface area contributed by atoms with E-state index in [9.17, 15) is 0 Å². The van der Waals surface area contributed by atoms with Crippen molar-refractivity contribution in [3.63, 3.8) is 0 Å². The number of para-hydroxylation sites is 5. The van der Waals surface area contributed by atoms with Crippen LogP contribution < -0.4 is 0 Å². The Morgan fingerprint density at radius 3 is 2.19 bits per heavy atom. The highest BCUT2D eigenvalue weighted by molar-refractivity contribution is 6.08. The number of rotatable bonds is 1. The second-order valence-corrected chi connectivity index (χ2v) is 7.46. The molecule has 0 aliphatic rings. The molecule has 0 unspecified atom stereocenters. The van der Waals surface area contributed by atoms with Gasteiger partial charge in [-0.25, -0.2) is 4.98 Å². The van der Waals surface area contributed by atoms with Gasteiger partial charge >= 0.3 is 0 Å². The molecule has 4 aromatic carbocycles. The summed E-state index contributed by atoms with van der Waals surface area (Å²) in [7, 11) is 0. The molecule has 150 valence electrons. The van der Waals surface area contributed by atoms with E-state index >= 15 is 0 Å². The summed E-state index contributed by atoms with van der Waals surface area (Å²) in [5.74, 6) is 0.937. The first-order valence-electron chi connectivity index (χ1n) is 10.8. The fourth-order valence-corrected chi connectivity index (χ4v) is 4.58. The number of H-pyrrole nitrogens is 1. The number of aromatic amines is 1. The Balaban J connectivity index is 0.000000902.